The molecule has 2 aliphatic rings. The largest absolute Gasteiger partial charge is 0.479 e. The molecular weight excluding hydrogens is 222 g/mol. The van der Waals surface area contributed by atoms with Crippen molar-refractivity contribution in [1.29, 1.82) is 0 Å². The van der Waals surface area contributed by atoms with E-state index in [1.54, 1.807) is 0 Å². The van der Waals surface area contributed by atoms with Crippen LogP contribution >= 0.6 is 0 Å². The molecular formula is C12H17NO4. The normalized spacial score (nSPS) is 34.8. The maximum atomic E-state index is 11.8. The molecule has 94 valence electrons. The van der Waals surface area contributed by atoms with Gasteiger partial charge >= 0.3 is 12.1 Å². The number of rotatable bonds is 3. The Balaban J connectivity index is 2.20. The SMILES string of the molecule is C=CCOC(=O)N1CC2(C)CCC1(C(=O)O)C2. The Morgan fingerprint density at radius 3 is 2.76 bits per heavy atom. The molecule has 2 unspecified atom stereocenters. The second kappa shape index (κ2) is 3.75. The summed E-state index contributed by atoms with van der Waals surface area (Å²) in [6, 6.07) is 0. The van der Waals surface area contributed by atoms with E-state index >= 15 is 0 Å². The molecule has 1 saturated carbocycles. The highest BCUT2D eigenvalue weighted by atomic mass is 16.6. The average Bonchev–Trinajstić information content (AvgIpc) is 2.77. The van der Waals surface area contributed by atoms with Crippen LogP contribution in [0.5, 0.6) is 0 Å². The second-order valence-corrected chi connectivity index (χ2v) is 5.28. The molecule has 17 heavy (non-hydrogen) atoms. The number of hydrogen-bond donors (Lipinski definition) is 1. The van der Waals surface area contributed by atoms with Gasteiger partial charge in [0.05, 0.1) is 0 Å². The summed E-state index contributed by atoms with van der Waals surface area (Å²) in [4.78, 5) is 24.7. The number of carbonyl (C=O) groups is 2. The third kappa shape index (κ3) is 1.69. The Labute approximate surface area is 100 Å². The van der Waals surface area contributed by atoms with Crippen LogP contribution in [0.25, 0.3) is 0 Å². The lowest BCUT2D eigenvalue weighted by molar-refractivity contribution is -0.149. The van der Waals surface area contributed by atoms with E-state index < -0.39 is 17.6 Å². The van der Waals surface area contributed by atoms with E-state index in [9.17, 15) is 14.7 Å². The Kier molecular flexibility index (Phi) is 2.64. The average molecular weight is 239 g/mol. The van der Waals surface area contributed by atoms with E-state index in [1.165, 1.54) is 11.0 Å². The van der Waals surface area contributed by atoms with E-state index in [2.05, 4.69) is 6.58 Å². The van der Waals surface area contributed by atoms with Crippen LogP contribution in [0.15, 0.2) is 12.7 Å². The molecule has 5 heteroatoms. The lowest BCUT2D eigenvalue weighted by atomic mass is 9.90. The number of hydrogen-bond acceptors (Lipinski definition) is 3. The highest BCUT2D eigenvalue weighted by Gasteiger charge is 2.63. The molecule has 2 atom stereocenters. The molecule has 2 fully saturated rings. The number of amides is 1. The number of carboxylic acid groups (broad SMARTS) is 1. The first-order chi connectivity index (χ1) is 7.93. The number of carboxylic acids is 1. The number of likely N-dealkylation sites (tertiary alicyclic amines) is 1. The molecule has 5 nitrogen and oxygen atoms in total. The quantitative estimate of drug-likeness (QED) is 0.760. The fourth-order valence-corrected chi connectivity index (χ4v) is 3.04. The van der Waals surface area contributed by atoms with E-state index in [1.807, 2.05) is 6.92 Å². The standard InChI is InChI=1S/C12H17NO4/c1-3-6-17-10(16)13-8-11(2)4-5-12(13,7-11)9(14)15/h3H,1,4-8H2,2H3,(H,14,15). The molecule has 0 spiro atoms. The lowest BCUT2D eigenvalue weighted by Crippen LogP contribution is -2.53. The highest BCUT2D eigenvalue weighted by molar-refractivity contribution is 5.86. The van der Waals surface area contributed by atoms with Crippen LogP contribution in [0.3, 0.4) is 0 Å². The maximum absolute atomic E-state index is 11.8. The van der Waals surface area contributed by atoms with E-state index in [-0.39, 0.29) is 12.0 Å². The molecule has 1 aliphatic heterocycles. The summed E-state index contributed by atoms with van der Waals surface area (Å²) in [5.74, 6) is -0.922. The fraction of sp³-hybridized carbons (Fsp3) is 0.667. The number of ether oxygens (including phenoxy) is 1. The van der Waals surface area contributed by atoms with Crippen LogP contribution in [0.2, 0.25) is 0 Å². The minimum absolute atomic E-state index is 0.0778. The van der Waals surface area contributed by atoms with Crippen molar-refractivity contribution in [3.05, 3.63) is 12.7 Å². The van der Waals surface area contributed by atoms with Gasteiger partial charge in [0, 0.05) is 6.54 Å². The topological polar surface area (TPSA) is 66.8 Å². The van der Waals surface area contributed by atoms with Crippen molar-refractivity contribution in [2.45, 2.75) is 31.7 Å². The van der Waals surface area contributed by atoms with Gasteiger partial charge in [-0.1, -0.05) is 19.6 Å². The molecule has 1 saturated heterocycles. The first kappa shape index (κ1) is 12.0. The molecule has 0 aromatic carbocycles. The van der Waals surface area contributed by atoms with Crippen molar-refractivity contribution < 1.29 is 19.4 Å². The van der Waals surface area contributed by atoms with Gasteiger partial charge in [-0.15, -0.1) is 0 Å². The summed E-state index contributed by atoms with van der Waals surface area (Å²) >= 11 is 0. The summed E-state index contributed by atoms with van der Waals surface area (Å²) in [5.41, 5.74) is -1.13. The molecule has 1 amide bonds. The second-order valence-electron chi connectivity index (χ2n) is 5.28. The van der Waals surface area contributed by atoms with Crippen LogP contribution in [0.1, 0.15) is 26.2 Å². The van der Waals surface area contributed by atoms with Gasteiger partial charge in [0.25, 0.3) is 0 Å². The van der Waals surface area contributed by atoms with Crippen LogP contribution < -0.4 is 0 Å². The number of piperidine rings is 1. The van der Waals surface area contributed by atoms with Gasteiger partial charge in [0.1, 0.15) is 12.1 Å². The fourth-order valence-electron chi connectivity index (χ4n) is 3.04. The molecule has 2 rings (SSSR count). The minimum atomic E-state index is -1.05. The summed E-state index contributed by atoms with van der Waals surface area (Å²) < 4.78 is 4.95. The zero-order valence-corrected chi connectivity index (χ0v) is 9.94. The molecule has 0 aromatic rings. The molecule has 1 aliphatic carbocycles. The zero-order chi connectivity index (χ0) is 12.7. The molecule has 1 heterocycles. The summed E-state index contributed by atoms with van der Waals surface area (Å²) in [6.45, 7) is 6.07. The number of nitrogens with zero attached hydrogens (tertiary/aromatic N) is 1. The number of carbonyl (C=O) groups excluding carboxylic acids is 1. The van der Waals surface area contributed by atoms with Gasteiger partial charge in [-0.05, 0) is 24.7 Å². The predicted molar refractivity (Wildman–Crippen MR) is 60.6 cm³/mol. The van der Waals surface area contributed by atoms with Crippen LogP contribution in [0.4, 0.5) is 4.79 Å². The Morgan fingerprint density at radius 1 is 1.53 bits per heavy atom. The van der Waals surface area contributed by atoms with E-state index in [0.717, 1.165) is 6.42 Å². The van der Waals surface area contributed by atoms with E-state index in [0.29, 0.717) is 19.4 Å². The molecule has 2 bridgehead atoms. The Bertz CT molecular complexity index is 381. The first-order valence-corrected chi connectivity index (χ1v) is 5.72. The summed E-state index contributed by atoms with van der Waals surface area (Å²) in [5, 5.41) is 9.38. The van der Waals surface area contributed by atoms with Crippen molar-refractivity contribution in [2.75, 3.05) is 13.2 Å². The maximum Gasteiger partial charge on any atom is 0.411 e. The van der Waals surface area contributed by atoms with Gasteiger partial charge in [-0.2, -0.15) is 0 Å². The third-order valence-corrected chi connectivity index (χ3v) is 3.86. The van der Waals surface area contributed by atoms with Gasteiger partial charge < -0.3 is 9.84 Å². The van der Waals surface area contributed by atoms with Crippen LogP contribution in [0, 0.1) is 5.41 Å². The molecule has 0 aromatic heterocycles. The highest BCUT2D eigenvalue weighted by Crippen LogP contribution is 2.54. The first-order valence-electron chi connectivity index (χ1n) is 5.72. The lowest BCUT2D eigenvalue weighted by Gasteiger charge is -2.35. The van der Waals surface area contributed by atoms with Gasteiger partial charge in [0.15, 0.2) is 0 Å². The van der Waals surface area contributed by atoms with Crippen molar-refractivity contribution in [2.24, 2.45) is 5.41 Å². The third-order valence-electron chi connectivity index (χ3n) is 3.86. The predicted octanol–water partition coefficient (Wildman–Crippen LogP) is 1.64. The number of fused-ring (bicyclic) bond motifs is 2. The molecule has 1 N–H and O–H groups in total. The minimum Gasteiger partial charge on any atom is -0.479 e. The Hall–Kier alpha value is -1.52. The molecule has 0 radical (unpaired) electrons. The van der Waals surface area contributed by atoms with Gasteiger partial charge in [-0.3, -0.25) is 4.90 Å². The summed E-state index contributed by atoms with van der Waals surface area (Å²) in [6.07, 6.45) is 2.82. The zero-order valence-electron chi connectivity index (χ0n) is 9.94. The monoisotopic (exact) mass is 239 g/mol. The van der Waals surface area contributed by atoms with Crippen molar-refractivity contribution in [3.8, 4) is 0 Å². The van der Waals surface area contributed by atoms with Gasteiger partial charge in [0.2, 0.25) is 0 Å². The smallest absolute Gasteiger partial charge is 0.411 e. The number of aliphatic carboxylic acids is 1. The van der Waals surface area contributed by atoms with Gasteiger partial charge in [-0.25, -0.2) is 9.59 Å². The van der Waals surface area contributed by atoms with Crippen LogP contribution in [-0.2, 0) is 9.53 Å². The van der Waals surface area contributed by atoms with Crippen LogP contribution in [-0.4, -0.2) is 40.8 Å². The van der Waals surface area contributed by atoms with Crippen molar-refractivity contribution in [1.82, 2.24) is 4.90 Å². The van der Waals surface area contributed by atoms with Crippen molar-refractivity contribution >= 4 is 12.1 Å². The summed E-state index contributed by atoms with van der Waals surface area (Å²) in [7, 11) is 0. The van der Waals surface area contributed by atoms with E-state index in [4.69, 9.17) is 4.74 Å². The Morgan fingerprint density at radius 2 is 2.24 bits per heavy atom. The van der Waals surface area contributed by atoms with Crippen molar-refractivity contribution in [3.63, 3.8) is 0 Å².